The lowest BCUT2D eigenvalue weighted by molar-refractivity contribution is -0.140. The number of para-hydroxylation sites is 1. The van der Waals surface area contributed by atoms with E-state index < -0.39 is 35.6 Å². The predicted octanol–water partition coefficient (Wildman–Crippen LogP) is 6.49. The molecule has 3 aromatic carbocycles. The van der Waals surface area contributed by atoms with E-state index in [0.29, 0.717) is 21.8 Å². The molecule has 0 aliphatic rings. The fourth-order valence-electron chi connectivity index (χ4n) is 4.47. The molecular weight excluding hydrogens is 554 g/mol. The Labute approximate surface area is 252 Å². The number of alkyl carbamates (subject to hydrolysis) is 1. The number of anilines is 1. The van der Waals surface area contributed by atoms with Gasteiger partial charge in [0.25, 0.3) is 5.91 Å². The lowest BCUT2D eigenvalue weighted by atomic mass is 9.99. The Morgan fingerprint density at radius 3 is 2.31 bits per heavy atom. The molecule has 0 saturated heterocycles. The number of aryl methyl sites for hydroxylation is 2. The molecule has 3 aromatic rings. The van der Waals surface area contributed by atoms with Gasteiger partial charge < -0.3 is 25.4 Å². The number of halogens is 1. The Bertz CT molecular complexity index is 1410. The van der Waals surface area contributed by atoms with Gasteiger partial charge in [-0.1, -0.05) is 71.8 Å². The Hall–Kier alpha value is -4.30. The molecule has 0 bridgehead atoms. The molecule has 2 atom stereocenters. The van der Waals surface area contributed by atoms with E-state index in [1.807, 2.05) is 38.1 Å². The van der Waals surface area contributed by atoms with Crippen LogP contribution in [0.25, 0.3) is 0 Å². The lowest BCUT2D eigenvalue weighted by Crippen LogP contribution is -2.53. The second-order valence-electron chi connectivity index (χ2n) is 11.1. The topological polar surface area (TPSA) is 108 Å². The Morgan fingerprint density at radius 1 is 1.05 bits per heavy atom. The maximum absolute atomic E-state index is 14.3. The number of rotatable bonds is 10. The molecule has 3 N–H and O–H groups in total. The zero-order valence-electron chi connectivity index (χ0n) is 24.6. The standard InChI is InChI=1S/C33H38ClN3O5/c1-7-18-37(31(40)27(35-32(41)42-33(4,5)6)20-23-14-16-25(38)17-15-23)29(24-12-8-10-21(2)19-24)30(39)36-28-22(3)11-9-13-26(28)34/h7-17,19,27,29,38H,1,18,20H2,2-6H3,(H,35,41)(H,36,39). The highest BCUT2D eigenvalue weighted by molar-refractivity contribution is 6.34. The van der Waals surface area contributed by atoms with Gasteiger partial charge >= 0.3 is 6.09 Å². The molecule has 222 valence electrons. The lowest BCUT2D eigenvalue weighted by Gasteiger charge is -2.34. The summed E-state index contributed by atoms with van der Waals surface area (Å²) >= 11 is 6.42. The summed E-state index contributed by atoms with van der Waals surface area (Å²) in [5, 5.41) is 15.7. The SMILES string of the molecule is C=CCN(C(=O)C(Cc1ccc(O)cc1)NC(=O)OC(C)(C)C)C(C(=O)Nc1c(C)cccc1Cl)c1cccc(C)c1. The summed E-state index contributed by atoms with van der Waals surface area (Å²) in [6.07, 6.45) is 0.832. The molecule has 0 heterocycles. The highest BCUT2D eigenvalue weighted by Gasteiger charge is 2.36. The number of carbonyl (C=O) groups is 3. The van der Waals surface area contributed by atoms with Gasteiger partial charge in [-0.15, -0.1) is 6.58 Å². The van der Waals surface area contributed by atoms with Crippen LogP contribution in [0.2, 0.25) is 5.02 Å². The van der Waals surface area contributed by atoms with E-state index in [0.717, 1.165) is 11.1 Å². The average molecular weight is 592 g/mol. The van der Waals surface area contributed by atoms with Crippen molar-refractivity contribution in [3.63, 3.8) is 0 Å². The molecule has 0 spiro atoms. The second kappa shape index (κ2) is 14.0. The summed E-state index contributed by atoms with van der Waals surface area (Å²) in [4.78, 5) is 42.6. The maximum Gasteiger partial charge on any atom is 0.408 e. The van der Waals surface area contributed by atoms with Gasteiger partial charge in [0.2, 0.25) is 5.91 Å². The first-order valence-corrected chi connectivity index (χ1v) is 14.0. The van der Waals surface area contributed by atoms with Gasteiger partial charge in [0, 0.05) is 13.0 Å². The number of phenols is 1. The van der Waals surface area contributed by atoms with Gasteiger partial charge in [-0.25, -0.2) is 4.79 Å². The van der Waals surface area contributed by atoms with Crippen LogP contribution in [0.15, 0.2) is 79.4 Å². The van der Waals surface area contributed by atoms with E-state index in [-0.39, 0.29) is 18.7 Å². The van der Waals surface area contributed by atoms with Crippen molar-refractivity contribution in [2.75, 3.05) is 11.9 Å². The number of hydrogen-bond donors (Lipinski definition) is 3. The van der Waals surface area contributed by atoms with Crippen molar-refractivity contribution in [3.8, 4) is 5.75 Å². The van der Waals surface area contributed by atoms with Crippen molar-refractivity contribution in [1.29, 1.82) is 0 Å². The predicted molar refractivity (Wildman–Crippen MR) is 166 cm³/mol. The van der Waals surface area contributed by atoms with E-state index >= 15 is 0 Å². The van der Waals surface area contributed by atoms with Crippen LogP contribution in [-0.4, -0.2) is 46.1 Å². The number of benzene rings is 3. The molecule has 0 aromatic heterocycles. The van der Waals surface area contributed by atoms with E-state index in [4.69, 9.17) is 16.3 Å². The molecule has 0 saturated carbocycles. The van der Waals surface area contributed by atoms with Crippen molar-refractivity contribution in [2.24, 2.45) is 0 Å². The zero-order chi connectivity index (χ0) is 31.0. The number of aromatic hydroxyl groups is 1. The van der Waals surface area contributed by atoms with E-state index in [2.05, 4.69) is 17.2 Å². The molecular formula is C33H38ClN3O5. The van der Waals surface area contributed by atoms with Gasteiger partial charge in [-0.05, 0) is 69.5 Å². The molecule has 0 radical (unpaired) electrons. The second-order valence-corrected chi connectivity index (χ2v) is 11.5. The van der Waals surface area contributed by atoms with Crippen molar-refractivity contribution < 1.29 is 24.2 Å². The maximum atomic E-state index is 14.3. The number of carbonyl (C=O) groups excluding carboxylic acids is 3. The molecule has 0 aliphatic carbocycles. The molecule has 8 nitrogen and oxygen atoms in total. The first-order chi connectivity index (χ1) is 19.8. The van der Waals surface area contributed by atoms with Crippen LogP contribution in [0.1, 0.15) is 49.1 Å². The smallest absolute Gasteiger partial charge is 0.408 e. The fourth-order valence-corrected chi connectivity index (χ4v) is 4.74. The monoisotopic (exact) mass is 591 g/mol. The minimum atomic E-state index is -1.11. The van der Waals surface area contributed by atoms with E-state index in [9.17, 15) is 19.5 Å². The summed E-state index contributed by atoms with van der Waals surface area (Å²) in [7, 11) is 0. The average Bonchev–Trinajstić information content (AvgIpc) is 2.90. The number of nitrogens with zero attached hydrogens (tertiary/aromatic N) is 1. The van der Waals surface area contributed by atoms with Crippen molar-refractivity contribution >= 4 is 35.2 Å². The van der Waals surface area contributed by atoms with Gasteiger partial charge in [-0.2, -0.15) is 0 Å². The first kappa shape index (κ1) is 32.2. The van der Waals surface area contributed by atoms with Crippen LogP contribution in [-0.2, 0) is 20.7 Å². The van der Waals surface area contributed by atoms with E-state index in [1.54, 1.807) is 51.1 Å². The largest absolute Gasteiger partial charge is 0.508 e. The van der Waals surface area contributed by atoms with Gasteiger partial charge in [0.1, 0.15) is 23.4 Å². The van der Waals surface area contributed by atoms with Crippen molar-refractivity contribution in [3.05, 3.63) is 107 Å². The van der Waals surface area contributed by atoms with Crippen molar-refractivity contribution in [2.45, 2.75) is 58.7 Å². The fraction of sp³-hybridized carbons (Fsp3) is 0.303. The third kappa shape index (κ3) is 8.85. The minimum absolute atomic E-state index is 0.00838. The van der Waals surface area contributed by atoms with Crippen LogP contribution in [0.5, 0.6) is 5.75 Å². The molecule has 9 heteroatoms. The number of phenolic OH excluding ortho intramolecular Hbond substituents is 1. The minimum Gasteiger partial charge on any atom is -0.508 e. The van der Waals surface area contributed by atoms with Crippen LogP contribution in [0, 0.1) is 13.8 Å². The third-order valence-electron chi connectivity index (χ3n) is 6.36. The highest BCUT2D eigenvalue weighted by Crippen LogP contribution is 2.30. The van der Waals surface area contributed by atoms with Crippen molar-refractivity contribution in [1.82, 2.24) is 10.2 Å². The zero-order valence-corrected chi connectivity index (χ0v) is 25.4. The normalized spacial score (nSPS) is 12.5. The molecule has 0 aliphatic heterocycles. The third-order valence-corrected chi connectivity index (χ3v) is 6.68. The van der Waals surface area contributed by atoms with Gasteiger partial charge in [0.15, 0.2) is 0 Å². The molecule has 2 unspecified atom stereocenters. The highest BCUT2D eigenvalue weighted by atomic mass is 35.5. The Balaban J connectivity index is 2.07. The molecule has 3 rings (SSSR count). The molecule has 42 heavy (non-hydrogen) atoms. The summed E-state index contributed by atoms with van der Waals surface area (Å²) < 4.78 is 5.45. The van der Waals surface area contributed by atoms with E-state index in [1.165, 1.54) is 23.1 Å². The summed E-state index contributed by atoms with van der Waals surface area (Å²) in [6, 6.07) is 16.7. The summed E-state index contributed by atoms with van der Waals surface area (Å²) in [6.45, 7) is 12.7. The number of amides is 3. The summed E-state index contributed by atoms with van der Waals surface area (Å²) in [5.41, 5.74) is 2.57. The quantitative estimate of drug-likeness (QED) is 0.233. The Kier molecular flexibility index (Phi) is 10.8. The van der Waals surface area contributed by atoms with Gasteiger partial charge in [0.05, 0.1) is 10.7 Å². The van der Waals surface area contributed by atoms with Crippen LogP contribution in [0.3, 0.4) is 0 Å². The van der Waals surface area contributed by atoms with Crippen LogP contribution < -0.4 is 10.6 Å². The number of hydrogen-bond acceptors (Lipinski definition) is 5. The number of ether oxygens (including phenoxy) is 1. The first-order valence-electron chi connectivity index (χ1n) is 13.6. The number of nitrogens with one attached hydrogen (secondary N) is 2. The molecule has 0 fully saturated rings. The van der Waals surface area contributed by atoms with Gasteiger partial charge in [-0.3, -0.25) is 9.59 Å². The molecule has 3 amide bonds. The summed E-state index contributed by atoms with van der Waals surface area (Å²) in [5.74, 6) is -0.930. The Morgan fingerprint density at radius 2 is 1.71 bits per heavy atom. The van der Waals surface area contributed by atoms with Crippen LogP contribution in [0.4, 0.5) is 10.5 Å². The van der Waals surface area contributed by atoms with Crippen LogP contribution >= 0.6 is 11.6 Å².